The molecule has 7 nitrogen and oxygen atoms in total. The zero-order valence-electron chi connectivity index (χ0n) is 14.5. The van der Waals surface area contributed by atoms with Gasteiger partial charge in [-0.05, 0) is 28.9 Å². The molecule has 0 spiro atoms. The molecule has 13 heteroatoms. The van der Waals surface area contributed by atoms with Crippen LogP contribution in [0.1, 0.15) is 12.5 Å². The highest BCUT2D eigenvalue weighted by molar-refractivity contribution is 9.10. The van der Waals surface area contributed by atoms with Gasteiger partial charge in [0.1, 0.15) is 11.4 Å². The molecule has 30 heavy (non-hydrogen) atoms. The molecular formula is C17H7BrF5N3O4. The van der Waals surface area contributed by atoms with Crippen LogP contribution < -0.4 is 5.01 Å². The Kier molecular flexibility index (Phi) is 5.33. The van der Waals surface area contributed by atoms with Crippen LogP contribution in [-0.2, 0) is 4.79 Å². The van der Waals surface area contributed by atoms with E-state index in [1.807, 2.05) is 0 Å². The molecule has 0 aliphatic carbocycles. The standard InChI is InChI=1S/C17H7BrF5N3O4/c1-5-8(3-6-2-7(26(29)30)4-9(18)16(6)27)17(28)25(24-5)15-13(22)11(20)10(19)12(21)14(15)23/h2-4,27H,1H3/b8-3-. The number of carbonyl (C=O) groups is 1. The molecule has 1 aliphatic heterocycles. The van der Waals surface area contributed by atoms with Crippen LogP contribution in [0.4, 0.5) is 33.3 Å². The second-order valence-electron chi connectivity index (χ2n) is 5.90. The molecule has 0 saturated carbocycles. The Morgan fingerprint density at radius 3 is 2.17 bits per heavy atom. The van der Waals surface area contributed by atoms with Crippen molar-refractivity contribution in [3.05, 3.63) is 66.9 Å². The van der Waals surface area contributed by atoms with E-state index in [1.165, 1.54) is 6.92 Å². The summed E-state index contributed by atoms with van der Waals surface area (Å²) in [6.45, 7) is 1.19. The topological polar surface area (TPSA) is 96.0 Å². The maximum Gasteiger partial charge on any atom is 0.280 e. The maximum atomic E-state index is 14.0. The average Bonchev–Trinajstić information content (AvgIpc) is 2.96. The van der Waals surface area contributed by atoms with Crippen molar-refractivity contribution in [3.8, 4) is 5.75 Å². The van der Waals surface area contributed by atoms with Crippen LogP contribution in [0.5, 0.6) is 5.75 Å². The van der Waals surface area contributed by atoms with Crippen LogP contribution in [0.3, 0.4) is 0 Å². The minimum atomic E-state index is -2.40. The summed E-state index contributed by atoms with van der Waals surface area (Å²) in [6.07, 6.45) is 0.931. The molecular weight excluding hydrogens is 485 g/mol. The van der Waals surface area contributed by atoms with Crippen molar-refractivity contribution in [2.75, 3.05) is 5.01 Å². The van der Waals surface area contributed by atoms with Gasteiger partial charge in [-0.25, -0.2) is 22.0 Å². The largest absolute Gasteiger partial charge is 0.506 e. The van der Waals surface area contributed by atoms with Crippen LogP contribution in [0.25, 0.3) is 6.08 Å². The van der Waals surface area contributed by atoms with Gasteiger partial charge in [-0.15, -0.1) is 0 Å². The molecule has 0 aromatic heterocycles. The Morgan fingerprint density at radius 2 is 1.63 bits per heavy atom. The third-order valence-corrected chi connectivity index (χ3v) is 4.65. The van der Waals surface area contributed by atoms with Crippen molar-refractivity contribution >= 4 is 45.0 Å². The normalized spacial score (nSPS) is 15.2. The third kappa shape index (κ3) is 3.30. The molecule has 0 fully saturated rings. The number of rotatable bonds is 3. The van der Waals surface area contributed by atoms with Gasteiger partial charge in [0.25, 0.3) is 11.6 Å². The molecule has 0 unspecified atom stereocenters. The molecule has 1 N–H and O–H groups in total. The van der Waals surface area contributed by atoms with Gasteiger partial charge in [0, 0.05) is 17.7 Å². The lowest BCUT2D eigenvalue weighted by molar-refractivity contribution is -0.385. The highest BCUT2D eigenvalue weighted by Crippen LogP contribution is 2.37. The molecule has 3 rings (SSSR count). The van der Waals surface area contributed by atoms with E-state index in [9.17, 15) is 42.0 Å². The number of amides is 1. The van der Waals surface area contributed by atoms with Crippen molar-refractivity contribution in [2.45, 2.75) is 6.92 Å². The van der Waals surface area contributed by atoms with Crippen molar-refractivity contribution in [1.82, 2.24) is 0 Å². The number of anilines is 1. The predicted molar refractivity (Wildman–Crippen MR) is 97.3 cm³/mol. The van der Waals surface area contributed by atoms with Crippen molar-refractivity contribution < 1.29 is 36.8 Å². The number of hydrogen-bond acceptors (Lipinski definition) is 5. The maximum absolute atomic E-state index is 14.0. The summed E-state index contributed by atoms with van der Waals surface area (Å²) < 4.78 is 68.2. The number of phenolic OH excluding ortho intramolecular Hbond substituents is 1. The van der Waals surface area contributed by atoms with Crippen LogP contribution in [0, 0.1) is 39.2 Å². The van der Waals surface area contributed by atoms with Gasteiger partial charge in [0.15, 0.2) is 23.3 Å². The van der Waals surface area contributed by atoms with Gasteiger partial charge in [-0.2, -0.15) is 10.1 Å². The number of hydrogen-bond donors (Lipinski definition) is 1. The number of nitro benzene ring substituents is 1. The fourth-order valence-electron chi connectivity index (χ4n) is 2.59. The van der Waals surface area contributed by atoms with Gasteiger partial charge < -0.3 is 5.11 Å². The SMILES string of the molecule is CC1=NN(c2c(F)c(F)c(F)c(F)c2F)C(=O)/C1=C\c1cc([N+](=O)[O-])cc(Br)c1O. The van der Waals surface area contributed by atoms with Crippen molar-refractivity contribution in [1.29, 1.82) is 0 Å². The van der Waals surface area contributed by atoms with E-state index in [1.54, 1.807) is 0 Å². The van der Waals surface area contributed by atoms with Gasteiger partial charge in [-0.3, -0.25) is 14.9 Å². The number of halogens is 6. The first-order valence-corrected chi connectivity index (χ1v) is 8.55. The number of hydrazone groups is 1. The fourth-order valence-corrected chi connectivity index (χ4v) is 3.05. The molecule has 2 aromatic rings. The lowest BCUT2D eigenvalue weighted by Crippen LogP contribution is -2.25. The van der Waals surface area contributed by atoms with E-state index in [4.69, 9.17) is 0 Å². The summed E-state index contributed by atoms with van der Waals surface area (Å²) in [6, 6.07) is 1.91. The number of nitro groups is 1. The summed E-state index contributed by atoms with van der Waals surface area (Å²) in [5.41, 5.74) is -2.87. The van der Waals surface area contributed by atoms with E-state index in [0.29, 0.717) is 0 Å². The quantitative estimate of drug-likeness (QED) is 0.170. The van der Waals surface area contributed by atoms with E-state index in [2.05, 4.69) is 21.0 Å². The predicted octanol–water partition coefficient (Wildman–Crippen LogP) is 4.56. The number of phenols is 1. The minimum absolute atomic E-state index is 0.0130. The second-order valence-corrected chi connectivity index (χ2v) is 6.76. The molecule has 0 atom stereocenters. The third-order valence-electron chi connectivity index (χ3n) is 4.05. The first-order valence-electron chi connectivity index (χ1n) is 7.75. The van der Waals surface area contributed by atoms with Gasteiger partial charge >= 0.3 is 0 Å². The van der Waals surface area contributed by atoms with Crippen LogP contribution >= 0.6 is 15.9 Å². The Hall–Kier alpha value is -3.35. The number of non-ortho nitro benzene ring substituents is 1. The van der Waals surface area contributed by atoms with Crippen LogP contribution in [0.2, 0.25) is 0 Å². The fraction of sp³-hybridized carbons (Fsp3) is 0.0588. The minimum Gasteiger partial charge on any atom is -0.506 e. The summed E-state index contributed by atoms with van der Waals surface area (Å²) in [5.74, 6) is -13.2. The summed E-state index contributed by atoms with van der Waals surface area (Å²) in [5, 5.41) is 24.6. The highest BCUT2D eigenvalue weighted by Gasteiger charge is 2.37. The van der Waals surface area contributed by atoms with E-state index < -0.39 is 62.6 Å². The van der Waals surface area contributed by atoms with E-state index >= 15 is 0 Å². The molecule has 1 amide bonds. The second kappa shape index (κ2) is 7.48. The molecule has 0 bridgehead atoms. The van der Waals surface area contributed by atoms with Crippen molar-refractivity contribution in [2.24, 2.45) is 5.10 Å². The molecule has 2 aromatic carbocycles. The molecule has 1 heterocycles. The van der Waals surface area contributed by atoms with E-state index in [0.717, 1.165) is 18.2 Å². The van der Waals surface area contributed by atoms with Gasteiger partial charge in [-0.1, -0.05) is 0 Å². The van der Waals surface area contributed by atoms with Crippen LogP contribution in [-0.4, -0.2) is 21.6 Å². The van der Waals surface area contributed by atoms with Gasteiger partial charge in [0.2, 0.25) is 5.82 Å². The summed E-state index contributed by atoms with van der Waals surface area (Å²) in [4.78, 5) is 22.8. The molecule has 1 aliphatic rings. The number of benzene rings is 2. The number of nitrogens with zero attached hydrogens (tertiary/aromatic N) is 3. The molecule has 0 saturated heterocycles. The zero-order chi connectivity index (χ0) is 22.5. The Morgan fingerprint density at radius 1 is 1.10 bits per heavy atom. The molecule has 156 valence electrons. The van der Waals surface area contributed by atoms with Crippen LogP contribution in [0.15, 0.2) is 27.3 Å². The van der Waals surface area contributed by atoms with Crippen molar-refractivity contribution in [3.63, 3.8) is 0 Å². The monoisotopic (exact) mass is 491 g/mol. The lowest BCUT2D eigenvalue weighted by atomic mass is 10.1. The summed E-state index contributed by atoms with van der Waals surface area (Å²) in [7, 11) is 0. The first kappa shape index (κ1) is 21.4. The Balaban J connectivity index is 2.14. The molecule has 0 radical (unpaired) electrons. The number of aromatic hydroxyl groups is 1. The first-order chi connectivity index (χ1) is 14.0. The average molecular weight is 492 g/mol. The van der Waals surface area contributed by atoms with Gasteiger partial charge in [0.05, 0.1) is 20.7 Å². The number of carbonyl (C=O) groups excluding carboxylic acids is 1. The lowest BCUT2D eigenvalue weighted by Gasteiger charge is -2.15. The Labute approximate surface area is 172 Å². The van der Waals surface area contributed by atoms with E-state index in [-0.39, 0.29) is 20.8 Å². The zero-order valence-corrected chi connectivity index (χ0v) is 16.1. The highest BCUT2D eigenvalue weighted by atomic mass is 79.9. The summed E-state index contributed by atoms with van der Waals surface area (Å²) >= 11 is 2.91. The smallest absolute Gasteiger partial charge is 0.280 e. The Bertz CT molecular complexity index is 1170.